The first kappa shape index (κ1) is 14.4. The van der Waals surface area contributed by atoms with Gasteiger partial charge in [0.05, 0.1) is 0 Å². The summed E-state index contributed by atoms with van der Waals surface area (Å²) in [7, 11) is 0. The summed E-state index contributed by atoms with van der Waals surface area (Å²) in [5.74, 6) is 0.322. The molecule has 0 aliphatic heterocycles. The number of hydrogen-bond donors (Lipinski definition) is 1. The first-order chi connectivity index (χ1) is 9.74. The molecule has 0 bridgehead atoms. The molecule has 2 rings (SSSR count). The summed E-state index contributed by atoms with van der Waals surface area (Å²) >= 11 is 0. The zero-order valence-corrected chi connectivity index (χ0v) is 11.8. The van der Waals surface area contributed by atoms with Crippen LogP contribution in [0, 0.1) is 5.82 Å². The number of halogens is 1. The van der Waals surface area contributed by atoms with E-state index >= 15 is 0 Å². The third-order valence-electron chi connectivity index (χ3n) is 2.95. The SMILES string of the molecule is CCNCc1cnc(N(CC)c2cccc(F)c2)nc1. The maximum absolute atomic E-state index is 13.3. The normalized spacial score (nSPS) is 10.6. The molecule has 0 saturated carbocycles. The summed E-state index contributed by atoms with van der Waals surface area (Å²) in [5, 5.41) is 3.22. The van der Waals surface area contributed by atoms with Gasteiger partial charge in [0.1, 0.15) is 5.82 Å². The average molecular weight is 274 g/mol. The van der Waals surface area contributed by atoms with Gasteiger partial charge in [0.25, 0.3) is 0 Å². The van der Waals surface area contributed by atoms with Gasteiger partial charge in [-0.1, -0.05) is 13.0 Å². The van der Waals surface area contributed by atoms with Crippen LogP contribution in [0.25, 0.3) is 0 Å². The van der Waals surface area contributed by atoms with Crippen LogP contribution >= 0.6 is 0 Å². The van der Waals surface area contributed by atoms with Crippen LogP contribution < -0.4 is 10.2 Å². The third-order valence-corrected chi connectivity index (χ3v) is 2.95. The highest BCUT2D eigenvalue weighted by atomic mass is 19.1. The van der Waals surface area contributed by atoms with E-state index in [1.807, 2.05) is 17.9 Å². The van der Waals surface area contributed by atoms with Crippen molar-refractivity contribution in [2.45, 2.75) is 20.4 Å². The highest BCUT2D eigenvalue weighted by molar-refractivity contribution is 5.56. The maximum Gasteiger partial charge on any atom is 0.229 e. The summed E-state index contributed by atoms with van der Waals surface area (Å²) in [6, 6.07) is 6.45. The van der Waals surface area contributed by atoms with Crippen molar-refractivity contribution < 1.29 is 4.39 Å². The van der Waals surface area contributed by atoms with Crippen molar-refractivity contribution in [1.29, 1.82) is 0 Å². The molecule has 0 aliphatic carbocycles. The molecule has 0 spiro atoms. The second-order valence-corrected chi connectivity index (χ2v) is 4.40. The predicted molar refractivity (Wildman–Crippen MR) is 78.5 cm³/mol. The standard InChI is InChI=1S/C15H19FN4/c1-3-17-9-12-10-18-15(19-11-12)20(4-2)14-7-5-6-13(16)8-14/h5-8,10-11,17H,3-4,9H2,1-2H3. The fraction of sp³-hybridized carbons (Fsp3) is 0.333. The van der Waals surface area contributed by atoms with E-state index in [0.29, 0.717) is 12.5 Å². The van der Waals surface area contributed by atoms with Crippen LogP contribution in [0.15, 0.2) is 36.7 Å². The Kier molecular flexibility index (Phi) is 5.01. The molecule has 1 aromatic heterocycles. The molecule has 0 saturated heterocycles. The van der Waals surface area contributed by atoms with Gasteiger partial charge in [0.15, 0.2) is 0 Å². The third kappa shape index (κ3) is 3.51. The number of anilines is 2. The fourth-order valence-electron chi connectivity index (χ4n) is 1.93. The van der Waals surface area contributed by atoms with Crippen LogP contribution in [-0.2, 0) is 6.54 Å². The minimum absolute atomic E-state index is 0.260. The van der Waals surface area contributed by atoms with Gasteiger partial charge in [0, 0.05) is 36.7 Å². The fourth-order valence-corrected chi connectivity index (χ4v) is 1.93. The van der Waals surface area contributed by atoms with Gasteiger partial charge in [-0.3, -0.25) is 0 Å². The second kappa shape index (κ2) is 6.96. The summed E-state index contributed by atoms with van der Waals surface area (Å²) in [6.07, 6.45) is 3.60. The summed E-state index contributed by atoms with van der Waals surface area (Å²) in [5.41, 5.74) is 1.79. The molecular formula is C15H19FN4. The molecule has 0 fully saturated rings. The Morgan fingerprint density at radius 2 is 1.95 bits per heavy atom. The summed E-state index contributed by atoms with van der Waals surface area (Å²) in [4.78, 5) is 10.6. The van der Waals surface area contributed by atoms with Gasteiger partial charge < -0.3 is 10.2 Å². The summed E-state index contributed by atoms with van der Waals surface area (Å²) < 4.78 is 13.3. The molecule has 0 aliphatic rings. The molecule has 0 radical (unpaired) electrons. The van der Waals surface area contributed by atoms with Crippen molar-refractivity contribution in [1.82, 2.24) is 15.3 Å². The largest absolute Gasteiger partial charge is 0.313 e. The Morgan fingerprint density at radius 1 is 1.20 bits per heavy atom. The number of rotatable bonds is 6. The lowest BCUT2D eigenvalue weighted by atomic mass is 10.3. The lowest BCUT2D eigenvalue weighted by Crippen LogP contribution is -2.19. The van der Waals surface area contributed by atoms with Gasteiger partial charge in [-0.2, -0.15) is 0 Å². The molecule has 1 N–H and O–H groups in total. The quantitative estimate of drug-likeness (QED) is 0.879. The van der Waals surface area contributed by atoms with Crippen molar-refractivity contribution in [2.24, 2.45) is 0 Å². The van der Waals surface area contributed by atoms with Gasteiger partial charge >= 0.3 is 0 Å². The molecule has 2 aromatic rings. The van der Waals surface area contributed by atoms with Crippen molar-refractivity contribution in [3.05, 3.63) is 48.0 Å². The Bertz CT molecular complexity index is 542. The van der Waals surface area contributed by atoms with Crippen LogP contribution in [0.4, 0.5) is 16.0 Å². The number of nitrogens with one attached hydrogen (secondary N) is 1. The molecule has 1 aromatic carbocycles. The van der Waals surface area contributed by atoms with Crippen molar-refractivity contribution in [2.75, 3.05) is 18.0 Å². The zero-order valence-electron chi connectivity index (χ0n) is 11.8. The van der Waals surface area contributed by atoms with Crippen LogP contribution in [-0.4, -0.2) is 23.1 Å². The van der Waals surface area contributed by atoms with Gasteiger partial charge in [-0.25, -0.2) is 14.4 Å². The van der Waals surface area contributed by atoms with Crippen LogP contribution in [0.5, 0.6) is 0 Å². The van der Waals surface area contributed by atoms with E-state index in [9.17, 15) is 4.39 Å². The minimum Gasteiger partial charge on any atom is -0.313 e. The number of hydrogen-bond acceptors (Lipinski definition) is 4. The first-order valence-electron chi connectivity index (χ1n) is 6.79. The van der Waals surface area contributed by atoms with Gasteiger partial charge in [0.2, 0.25) is 5.95 Å². The van der Waals surface area contributed by atoms with E-state index in [-0.39, 0.29) is 5.82 Å². The van der Waals surface area contributed by atoms with E-state index in [1.165, 1.54) is 12.1 Å². The second-order valence-electron chi connectivity index (χ2n) is 4.40. The molecule has 0 unspecified atom stereocenters. The van der Waals surface area contributed by atoms with E-state index < -0.39 is 0 Å². The van der Waals surface area contributed by atoms with Crippen LogP contribution in [0.1, 0.15) is 19.4 Å². The van der Waals surface area contributed by atoms with Crippen molar-refractivity contribution >= 4 is 11.6 Å². The number of nitrogens with zero attached hydrogens (tertiary/aromatic N) is 3. The molecule has 0 amide bonds. The van der Waals surface area contributed by atoms with Crippen LogP contribution in [0.3, 0.4) is 0 Å². The smallest absolute Gasteiger partial charge is 0.229 e. The highest BCUT2D eigenvalue weighted by Gasteiger charge is 2.10. The van der Waals surface area contributed by atoms with E-state index in [4.69, 9.17) is 0 Å². The maximum atomic E-state index is 13.3. The Balaban J connectivity index is 2.19. The van der Waals surface area contributed by atoms with Gasteiger partial charge in [-0.05, 0) is 31.7 Å². The van der Waals surface area contributed by atoms with Crippen molar-refractivity contribution in [3.63, 3.8) is 0 Å². The van der Waals surface area contributed by atoms with Crippen LogP contribution in [0.2, 0.25) is 0 Å². The monoisotopic (exact) mass is 274 g/mol. The molecular weight excluding hydrogens is 255 g/mol. The molecule has 20 heavy (non-hydrogen) atoms. The zero-order chi connectivity index (χ0) is 14.4. The Morgan fingerprint density at radius 3 is 2.55 bits per heavy atom. The minimum atomic E-state index is -0.260. The average Bonchev–Trinajstić information content (AvgIpc) is 2.47. The van der Waals surface area contributed by atoms with E-state index in [2.05, 4.69) is 22.2 Å². The van der Waals surface area contributed by atoms with Gasteiger partial charge in [-0.15, -0.1) is 0 Å². The molecule has 4 nitrogen and oxygen atoms in total. The first-order valence-corrected chi connectivity index (χ1v) is 6.79. The molecule has 106 valence electrons. The lowest BCUT2D eigenvalue weighted by molar-refractivity contribution is 0.627. The van der Waals surface area contributed by atoms with Crippen molar-refractivity contribution in [3.8, 4) is 0 Å². The highest BCUT2D eigenvalue weighted by Crippen LogP contribution is 2.22. The lowest BCUT2D eigenvalue weighted by Gasteiger charge is -2.20. The predicted octanol–water partition coefficient (Wildman–Crippen LogP) is 2.88. The number of aromatic nitrogens is 2. The summed E-state index contributed by atoms with van der Waals surface area (Å²) in [6.45, 7) is 6.38. The van der Waals surface area contributed by atoms with E-state index in [0.717, 1.165) is 24.3 Å². The Hall–Kier alpha value is -2.01. The topological polar surface area (TPSA) is 41.1 Å². The Labute approximate surface area is 118 Å². The molecule has 1 heterocycles. The molecule has 5 heteroatoms. The van der Waals surface area contributed by atoms with E-state index in [1.54, 1.807) is 18.5 Å². The number of benzene rings is 1. The molecule has 0 atom stereocenters.